The summed E-state index contributed by atoms with van der Waals surface area (Å²) >= 11 is 0. The van der Waals surface area contributed by atoms with Gasteiger partial charge in [0, 0.05) is 13.1 Å². The molecule has 0 amide bonds. The van der Waals surface area contributed by atoms with Gasteiger partial charge in [-0.3, -0.25) is 0 Å². The van der Waals surface area contributed by atoms with Crippen LogP contribution < -0.4 is 10.1 Å². The molecule has 1 aromatic rings. The van der Waals surface area contributed by atoms with Crippen molar-refractivity contribution >= 4 is 5.82 Å². The van der Waals surface area contributed by atoms with E-state index in [0.29, 0.717) is 5.88 Å². The fraction of sp³-hybridized carbons (Fsp3) is 0.500. The van der Waals surface area contributed by atoms with Crippen molar-refractivity contribution in [1.82, 2.24) is 4.98 Å². The van der Waals surface area contributed by atoms with E-state index in [1.54, 1.807) is 7.11 Å². The second-order valence-corrected chi connectivity index (χ2v) is 2.27. The lowest BCUT2D eigenvalue weighted by molar-refractivity contribution is 0.398. The van der Waals surface area contributed by atoms with Crippen LogP contribution >= 0.6 is 0 Å². The molecule has 0 fully saturated rings. The van der Waals surface area contributed by atoms with Gasteiger partial charge >= 0.3 is 0 Å². The summed E-state index contributed by atoms with van der Waals surface area (Å²) in [7, 11) is 3.45. The standard InChI is InChI=1S/C8H12N2O.C2H6/c1-6-4-5-7(11-3)10-8(6)9-2;1-2/h4-5H,1-3H3,(H,9,10);1-2H3. The lowest BCUT2D eigenvalue weighted by Gasteiger charge is -2.05. The van der Waals surface area contributed by atoms with E-state index in [1.807, 2.05) is 40.0 Å². The van der Waals surface area contributed by atoms with Crippen LogP contribution in [0.3, 0.4) is 0 Å². The number of hydrogen-bond acceptors (Lipinski definition) is 3. The molecule has 74 valence electrons. The summed E-state index contributed by atoms with van der Waals surface area (Å²) in [6, 6.07) is 3.81. The maximum absolute atomic E-state index is 4.96. The first kappa shape index (κ1) is 11.8. The summed E-state index contributed by atoms with van der Waals surface area (Å²) < 4.78 is 4.96. The highest BCUT2D eigenvalue weighted by Gasteiger charge is 1.98. The topological polar surface area (TPSA) is 34.2 Å². The van der Waals surface area contributed by atoms with Crippen molar-refractivity contribution in [3.05, 3.63) is 17.7 Å². The highest BCUT2D eigenvalue weighted by Crippen LogP contribution is 2.15. The van der Waals surface area contributed by atoms with Crippen molar-refractivity contribution in [2.24, 2.45) is 0 Å². The Morgan fingerprint density at radius 1 is 1.31 bits per heavy atom. The van der Waals surface area contributed by atoms with Gasteiger partial charge in [-0.25, -0.2) is 0 Å². The summed E-state index contributed by atoms with van der Waals surface area (Å²) in [5.74, 6) is 1.50. The van der Waals surface area contributed by atoms with Crippen LogP contribution in [0.5, 0.6) is 5.88 Å². The molecular formula is C10H18N2O. The zero-order valence-electron chi connectivity index (χ0n) is 9.01. The molecule has 0 aliphatic heterocycles. The van der Waals surface area contributed by atoms with Gasteiger partial charge in [-0.05, 0) is 12.5 Å². The number of aryl methyl sites for hydroxylation is 1. The maximum Gasteiger partial charge on any atom is 0.214 e. The van der Waals surface area contributed by atoms with Gasteiger partial charge in [0.05, 0.1) is 7.11 Å². The molecule has 0 bridgehead atoms. The van der Waals surface area contributed by atoms with Crippen LogP contribution in [0.25, 0.3) is 0 Å². The quantitative estimate of drug-likeness (QED) is 0.763. The second kappa shape index (κ2) is 6.29. The third kappa shape index (κ3) is 3.32. The molecule has 3 nitrogen and oxygen atoms in total. The van der Waals surface area contributed by atoms with Gasteiger partial charge in [0.2, 0.25) is 5.88 Å². The molecule has 0 unspecified atom stereocenters. The maximum atomic E-state index is 4.96. The molecule has 0 aliphatic carbocycles. The molecule has 0 radical (unpaired) electrons. The molecule has 1 N–H and O–H groups in total. The number of rotatable bonds is 2. The molecule has 0 aromatic carbocycles. The Bertz CT molecular complexity index is 249. The molecule has 0 atom stereocenters. The van der Waals surface area contributed by atoms with Crippen LogP contribution in [-0.2, 0) is 0 Å². The monoisotopic (exact) mass is 182 g/mol. The van der Waals surface area contributed by atoms with Crippen LogP contribution in [0.1, 0.15) is 19.4 Å². The Morgan fingerprint density at radius 2 is 1.92 bits per heavy atom. The van der Waals surface area contributed by atoms with Crippen molar-refractivity contribution in [2.45, 2.75) is 20.8 Å². The molecule has 1 heterocycles. The number of pyridine rings is 1. The number of methoxy groups -OCH3 is 1. The van der Waals surface area contributed by atoms with E-state index >= 15 is 0 Å². The lowest BCUT2D eigenvalue weighted by atomic mass is 10.3. The highest BCUT2D eigenvalue weighted by molar-refractivity contribution is 5.44. The molecule has 13 heavy (non-hydrogen) atoms. The predicted molar refractivity (Wildman–Crippen MR) is 56.4 cm³/mol. The average molecular weight is 182 g/mol. The lowest BCUT2D eigenvalue weighted by Crippen LogP contribution is -1.97. The van der Waals surface area contributed by atoms with Gasteiger partial charge in [-0.2, -0.15) is 4.98 Å². The van der Waals surface area contributed by atoms with Gasteiger partial charge in [0.15, 0.2) is 0 Å². The molecule has 1 rings (SSSR count). The summed E-state index contributed by atoms with van der Waals surface area (Å²) in [4.78, 5) is 4.18. The van der Waals surface area contributed by atoms with Crippen LogP contribution in [0.4, 0.5) is 5.82 Å². The summed E-state index contributed by atoms with van der Waals surface area (Å²) in [5.41, 5.74) is 1.12. The molecule has 3 heteroatoms. The Morgan fingerprint density at radius 3 is 2.38 bits per heavy atom. The van der Waals surface area contributed by atoms with Crippen LogP contribution in [0.2, 0.25) is 0 Å². The first-order valence-corrected chi connectivity index (χ1v) is 4.47. The fourth-order valence-electron chi connectivity index (χ4n) is 0.878. The van der Waals surface area contributed by atoms with Crippen molar-refractivity contribution in [1.29, 1.82) is 0 Å². The van der Waals surface area contributed by atoms with E-state index in [2.05, 4.69) is 10.3 Å². The normalized spacial score (nSPS) is 8.38. The summed E-state index contributed by atoms with van der Waals surface area (Å²) in [6.45, 7) is 6.00. The average Bonchev–Trinajstić information content (AvgIpc) is 2.22. The van der Waals surface area contributed by atoms with Crippen LogP contribution in [-0.4, -0.2) is 19.1 Å². The molecular weight excluding hydrogens is 164 g/mol. The number of nitrogens with one attached hydrogen (secondary N) is 1. The molecule has 0 saturated carbocycles. The Labute approximate surface area is 80.1 Å². The number of aromatic nitrogens is 1. The SMILES string of the molecule is CC.CNc1nc(OC)ccc1C. The summed E-state index contributed by atoms with van der Waals surface area (Å²) in [6.07, 6.45) is 0. The van der Waals surface area contributed by atoms with E-state index in [9.17, 15) is 0 Å². The van der Waals surface area contributed by atoms with Crippen molar-refractivity contribution in [3.8, 4) is 5.88 Å². The highest BCUT2D eigenvalue weighted by atomic mass is 16.5. The minimum absolute atomic E-state index is 0.639. The van der Waals surface area contributed by atoms with Gasteiger partial charge in [-0.15, -0.1) is 0 Å². The zero-order valence-corrected chi connectivity index (χ0v) is 9.01. The first-order chi connectivity index (χ1) is 6.27. The Balaban J connectivity index is 0.000000671. The van der Waals surface area contributed by atoms with Crippen LogP contribution in [0.15, 0.2) is 12.1 Å². The van der Waals surface area contributed by atoms with Crippen molar-refractivity contribution < 1.29 is 4.74 Å². The first-order valence-electron chi connectivity index (χ1n) is 4.47. The van der Waals surface area contributed by atoms with E-state index < -0.39 is 0 Å². The van der Waals surface area contributed by atoms with Gasteiger partial charge in [0.25, 0.3) is 0 Å². The number of ether oxygens (including phenoxy) is 1. The number of nitrogens with zero attached hydrogens (tertiary/aromatic N) is 1. The van der Waals surface area contributed by atoms with Crippen molar-refractivity contribution in [2.75, 3.05) is 19.5 Å². The van der Waals surface area contributed by atoms with E-state index in [-0.39, 0.29) is 0 Å². The third-order valence-electron chi connectivity index (χ3n) is 1.52. The van der Waals surface area contributed by atoms with Gasteiger partial charge in [0.1, 0.15) is 5.82 Å². The second-order valence-electron chi connectivity index (χ2n) is 2.27. The fourth-order valence-corrected chi connectivity index (χ4v) is 0.878. The molecule has 0 saturated heterocycles. The molecule has 0 aliphatic rings. The van der Waals surface area contributed by atoms with E-state index in [0.717, 1.165) is 11.4 Å². The van der Waals surface area contributed by atoms with Gasteiger partial charge < -0.3 is 10.1 Å². The summed E-state index contributed by atoms with van der Waals surface area (Å²) in [5, 5.41) is 2.98. The smallest absolute Gasteiger partial charge is 0.214 e. The Kier molecular flexibility index (Phi) is 5.68. The van der Waals surface area contributed by atoms with Gasteiger partial charge in [-0.1, -0.05) is 19.9 Å². The molecule has 1 aromatic heterocycles. The minimum Gasteiger partial charge on any atom is -0.481 e. The minimum atomic E-state index is 0.639. The van der Waals surface area contributed by atoms with Crippen molar-refractivity contribution in [3.63, 3.8) is 0 Å². The zero-order chi connectivity index (χ0) is 10.3. The number of hydrogen-bond donors (Lipinski definition) is 1. The van der Waals surface area contributed by atoms with E-state index in [1.165, 1.54) is 0 Å². The third-order valence-corrected chi connectivity index (χ3v) is 1.52. The predicted octanol–water partition coefficient (Wildman–Crippen LogP) is 2.47. The van der Waals surface area contributed by atoms with E-state index in [4.69, 9.17) is 4.74 Å². The van der Waals surface area contributed by atoms with Crippen LogP contribution in [0, 0.1) is 6.92 Å². The number of anilines is 1. The largest absolute Gasteiger partial charge is 0.481 e. The Hall–Kier alpha value is -1.25. The molecule has 0 spiro atoms.